The van der Waals surface area contributed by atoms with E-state index in [1.165, 1.54) is 18.4 Å². The highest BCUT2D eigenvalue weighted by atomic mass is 79.9. The van der Waals surface area contributed by atoms with E-state index in [1.54, 1.807) is 0 Å². The summed E-state index contributed by atoms with van der Waals surface area (Å²) in [6, 6.07) is 4.48. The first-order valence-electron chi connectivity index (χ1n) is 5.39. The molecule has 1 aliphatic heterocycles. The minimum absolute atomic E-state index is 0.406. The molecule has 0 bridgehead atoms. The van der Waals surface area contributed by atoms with E-state index in [9.17, 15) is 5.11 Å². The van der Waals surface area contributed by atoms with E-state index in [1.807, 2.05) is 12.1 Å². The highest BCUT2D eigenvalue weighted by molar-refractivity contribution is 9.10. The molecule has 2 rings (SSSR count). The van der Waals surface area contributed by atoms with Crippen LogP contribution in [0.4, 0.5) is 0 Å². The second-order valence-electron chi connectivity index (χ2n) is 4.19. The van der Waals surface area contributed by atoms with Crippen LogP contribution in [0.25, 0.3) is 0 Å². The molecule has 1 aromatic carbocycles. The van der Waals surface area contributed by atoms with Crippen molar-refractivity contribution < 1.29 is 5.11 Å². The van der Waals surface area contributed by atoms with Crippen molar-refractivity contribution in [3.05, 3.63) is 27.7 Å². The largest absolute Gasteiger partial charge is 0.506 e. The van der Waals surface area contributed by atoms with Crippen LogP contribution in [-0.4, -0.2) is 17.7 Å². The maximum Gasteiger partial charge on any atom is 0.133 e. The van der Waals surface area contributed by atoms with Crippen molar-refractivity contribution >= 4 is 15.9 Å². The van der Waals surface area contributed by atoms with Crippen LogP contribution < -0.4 is 5.32 Å². The van der Waals surface area contributed by atoms with Crippen LogP contribution in [-0.2, 0) is 6.42 Å². The van der Waals surface area contributed by atoms with Gasteiger partial charge in [-0.05, 0) is 65.9 Å². The SMILES string of the molecule is Cc1ccc(Br)c(O)c1CC1CCCN1. The van der Waals surface area contributed by atoms with Gasteiger partial charge < -0.3 is 10.4 Å². The number of hydrogen-bond acceptors (Lipinski definition) is 2. The number of nitrogens with one attached hydrogen (secondary N) is 1. The Bertz CT molecular complexity index is 359. The fraction of sp³-hybridized carbons (Fsp3) is 0.500. The quantitative estimate of drug-likeness (QED) is 0.866. The second kappa shape index (κ2) is 4.54. The molecule has 1 aromatic rings. The minimum atomic E-state index is 0.406. The average Bonchev–Trinajstić information content (AvgIpc) is 2.71. The fourth-order valence-electron chi connectivity index (χ4n) is 2.14. The Labute approximate surface area is 98.8 Å². The topological polar surface area (TPSA) is 32.3 Å². The lowest BCUT2D eigenvalue weighted by Crippen LogP contribution is -2.24. The lowest BCUT2D eigenvalue weighted by atomic mass is 9.99. The van der Waals surface area contributed by atoms with E-state index < -0.39 is 0 Å². The maximum absolute atomic E-state index is 9.96. The predicted molar refractivity (Wildman–Crippen MR) is 65.3 cm³/mol. The summed E-state index contributed by atoms with van der Waals surface area (Å²) in [5.41, 5.74) is 2.24. The van der Waals surface area contributed by atoms with Crippen molar-refractivity contribution in [3.63, 3.8) is 0 Å². The molecule has 0 spiro atoms. The van der Waals surface area contributed by atoms with Crippen molar-refractivity contribution in [1.29, 1.82) is 0 Å². The zero-order valence-corrected chi connectivity index (χ0v) is 10.5. The molecule has 3 heteroatoms. The van der Waals surface area contributed by atoms with Crippen molar-refractivity contribution in [3.8, 4) is 5.75 Å². The third kappa shape index (κ3) is 2.34. The summed E-state index contributed by atoms with van der Waals surface area (Å²) in [5, 5.41) is 13.4. The number of hydrogen-bond donors (Lipinski definition) is 2. The first-order chi connectivity index (χ1) is 7.18. The Balaban J connectivity index is 2.22. The molecule has 1 fully saturated rings. The molecular weight excluding hydrogens is 254 g/mol. The number of phenols is 1. The van der Waals surface area contributed by atoms with Gasteiger partial charge in [0.25, 0.3) is 0 Å². The number of rotatable bonds is 2. The van der Waals surface area contributed by atoms with Gasteiger partial charge in [-0.2, -0.15) is 0 Å². The summed E-state index contributed by atoms with van der Waals surface area (Å²) < 4.78 is 0.793. The van der Waals surface area contributed by atoms with Crippen LogP contribution in [0, 0.1) is 6.92 Å². The van der Waals surface area contributed by atoms with Crippen molar-refractivity contribution in [2.45, 2.75) is 32.2 Å². The van der Waals surface area contributed by atoms with Gasteiger partial charge in [-0.15, -0.1) is 0 Å². The first-order valence-corrected chi connectivity index (χ1v) is 6.18. The van der Waals surface area contributed by atoms with Gasteiger partial charge in [0.1, 0.15) is 5.75 Å². The summed E-state index contributed by atoms with van der Waals surface area (Å²) in [7, 11) is 0. The Morgan fingerprint density at radius 1 is 1.53 bits per heavy atom. The van der Waals surface area contributed by atoms with Gasteiger partial charge in [0, 0.05) is 6.04 Å². The van der Waals surface area contributed by atoms with Gasteiger partial charge in [-0.25, -0.2) is 0 Å². The molecule has 82 valence electrons. The average molecular weight is 270 g/mol. The van der Waals surface area contributed by atoms with E-state index in [-0.39, 0.29) is 0 Å². The molecular formula is C12H16BrNO. The van der Waals surface area contributed by atoms with Gasteiger partial charge in [-0.3, -0.25) is 0 Å². The normalized spacial score (nSPS) is 20.8. The standard InChI is InChI=1S/C12H16BrNO/c1-8-4-5-11(13)12(15)10(8)7-9-3-2-6-14-9/h4-5,9,14-15H,2-3,6-7H2,1H3. The Hall–Kier alpha value is -0.540. The molecule has 15 heavy (non-hydrogen) atoms. The summed E-state index contributed by atoms with van der Waals surface area (Å²) in [4.78, 5) is 0. The molecule has 1 unspecified atom stereocenters. The van der Waals surface area contributed by atoms with Crippen LogP contribution in [0.1, 0.15) is 24.0 Å². The van der Waals surface area contributed by atoms with Gasteiger partial charge in [0.05, 0.1) is 4.47 Å². The second-order valence-corrected chi connectivity index (χ2v) is 5.04. The van der Waals surface area contributed by atoms with Gasteiger partial charge in [0.15, 0.2) is 0 Å². The lowest BCUT2D eigenvalue weighted by molar-refractivity contribution is 0.458. The monoisotopic (exact) mass is 269 g/mol. The molecule has 2 N–H and O–H groups in total. The predicted octanol–water partition coefficient (Wildman–Crippen LogP) is 2.76. The molecule has 0 aliphatic carbocycles. The van der Waals surface area contributed by atoms with Crippen LogP contribution in [0.5, 0.6) is 5.75 Å². The zero-order valence-electron chi connectivity index (χ0n) is 8.89. The summed E-state index contributed by atoms with van der Waals surface area (Å²) >= 11 is 3.36. The molecule has 0 amide bonds. The van der Waals surface area contributed by atoms with E-state index in [0.29, 0.717) is 11.8 Å². The Kier molecular flexibility index (Phi) is 3.32. The molecule has 1 saturated heterocycles. The van der Waals surface area contributed by atoms with Crippen LogP contribution in [0.3, 0.4) is 0 Å². The maximum atomic E-state index is 9.96. The number of aryl methyl sites for hydroxylation is 1. The van der Waals surface area contributed by atoms with E-state index in [0.717, 1.165) is 23.0 Å². The van der Waals surface area contributed by atoms with Crippen molar-refractivity contribution in [2.75, 3.05) is 6.54 Å². The number of halogens is 1. The van der Waals surface area contributed by atoms with Crippen LogP contribution >= 0.6 is 15.9 Å². The van der Waals surface area contributed by atoms with E-state index in [2.05, 4.69) is 28.2 Å². The molecule has 1 atom stereocenters. The zero-order chi connectivity index (χ0) is 10.8. The molecule has 1 heterocycles. The van der Waals surface area contributed by atoms with Gasteiger partial charge in [0.2, 0.25) is 0 Å². The highest BCUT2D eigenvalue weighted by Gasteiger charge is 2.18. The summed E-state index contributed by atoms with van der Waals surface area (Å²) in [6.45, 7) is 3.16. The van der Waals surface area contributed by atoms with Gasteiger partial charge in [-0.1, -0.05) is 6.07 Å². The van der Waals surface area contributed by atoms with E-state index >= 15 is 0 Å². The van der Waals surface area contributed by atoms with Gasteiger partial charge >= 0.3 is 0 Å². The smallest absolute Gasteiger partial charge is 0.133 e. The third-order valence-corrected chi connectivity index (χ3v) is 3.72. The summed E-state index contributed by atoms with van der Waals surface area (Å²) in [6.07, 6.45) is 3.39. The first kappa shape index (κ1) is 11.0. The minimum Gasteiger partial charge on any atom is -0.506 e. The fourth-order valence-corrected chi connectivity index (χ4v) is 2.52. The van der Waals surface area contributed by atoms with E-state index in [4.69, 9.17) is 0 Å². The van der Waals surface area contributed by atoms with Crippen molar-refractivity contribution in [2.24, 2.45) is 0 Å². The summed E-state index contributed by atoms with van der Waals surface area (Å²) in [5.74, 6) is 0.406. The third-order valence-electron chi connectivity index (χ3n) is 3.08. The van der Waals surface area contributed by atoms with Crippen LogP contribution in [0.15, 0.2) is 16.6 Å². The molecule has 0 saturated carbocycles. The van der Waals surface area contributed by atoms with Crippen LogP contribution in [0.2, 0.25) is 0 Å². The molecule has 0 radical (unpaired) electrons. The Morgan fingerprint density at radius 2 is 2.33 bits per heavy atom. The molecule has 1 aliphatic rings. The highest BCUT2D eigenvalue weighted by Crippen LogP contribution is 2.31. The lowest BCUT2D eigenvalue weighted by Gasteiger charge is -2.14. The number of benzene rings is 1. The molecule has 2 nitrogen and oxygen atoms in total. The number of phenolic OH excluding ortho intramolecular Hbond substituents is 1. The number of aromatic hydroxyl groups is 1. The Morgan fingerprint density at radius 3 is 3.00 bits per heavy atom. The van der Waals surface area contributed by atoms with Crippen molar-refractivity contribution in [1.82, 2.24) is 5.32 Å². The molecule has 0 aromatic heterocycles.